The molecule has 1 aromatic heterocycles. The zero-order chi connectivity index (χ0) is 18.4. The molecule has 2 aromatic rings. The quantitative estimate of drug-likeness (QED) is 0.817. The number of pyridine rings is 1. The largest absolute Gasteiger partial charge is 0.497 e. The molecule has 1 unspecified atom stereocenters. The van der Waals surface area contributed by atoms with Gasteiger partial charge in [-0.25, -0.2) is 4.98 Å². The van der Waals surface area contributed by atoms with Crippen LogP contribution < -0.4 is 9.47 Å². The van der Waals surface area contributed by atoms with Crippen molar-refractivity contribution in [1.82, 2.24) is 9.88 Å². The van der Waals surface area contributed by atoms with Crippen molar-refractivity contribution < 1.29 is 14.3 Å². The van der Waals surface area contributed by atoms with Crippen LogP contribution in [-0.4, -0.2) is 42.6 Å². The zero-order valence-electron chi connectivity index (χ0n) is 15.5. The summed E-state index contributed by atoms with van der Waals surface area (Å²) in [7, 11) is 1.67. The molecule has 1 aliphatic rings. The van der Waals surface area contributed by atoms with Crippen LogP contribution in [0, 0.1) is 0 Å². The van der Waals surface area contributed by atoms with Crippen molar-refractivity contribution in [2.75, 3.05) is 26.8 Å². The van der Waals surface area contributed by atoms with Gasteiger partial charge in [-0.3, -0.25) is 4.79 Å². The highest BCUT2D eigenvalue weighted by atomic mass is 16.5. The van der Waals surface area contributed by atoms with E-state index >= 15 is 0 Å². The van der Waals surface area contributed by atoms with Crippen molar-refractivity contribution in [3.8, 4) is 11.6 Å². The lowest BCUT2D eigenvalue weighted by molar-refractivity contribution is 0.0749. The number of likely N-dealkylation sites (tertiary alicyclic amines) is 1. The number of amides is 1. The molecule has 26 heavy (non-hydrogen) atoms. The maximum absolute atomic E-state index is 13.1. The molecule has 1 aliphatic heterocycles. The van der Waals surface area contributed by atoms with Crippen LogP contribution in [0.4, 0.5) is 0 Å². The second-order valence-corrected chi connectivity index (χ2v) is 6.51. The molecule has 0 N–H and O–H groups in total. The van der Waals surface area contributed by atoms with Crippen LogP contribution >= 0.6 is 0 Å². The Morgan fingerprint density at radius 3 is 2.77 bits per heavy atom. The highest BCUT2D eigenvalue weighted by molar-refractivity contribution is 5.96. The molecule has 0 spiro atoms. The van der Waals surface area contributed by atoms with E-state index in [1.165, 1.54) is 5.56 Å². The van der Waals surface area contributed by atoms with Gasteiger partial charge in [0.05, 0.1) is 13.7 Å². The third-order valence-corrected chi connectivity index (χ3v) is 4.83. The van der Waals surface area contributed by atoms with E-state index in [2.05, 4.69) is 17.1 Å². The monoisotopic (exact) mass is 354 g/mol. The molecule has 2 heterocycles. The minimum atomic E-state index is 0.00182. The maximum atomic E-state index is 13.1. The summed E-state index contributed by atoms with van der Waals surface area (Å²) in [5.41, 5.74) is 1.80. The van der Waals surface area contributed by atoms with Crippen LogP contribution in [0.3, 0.4) is 0 Å². The molecule has 0 radical (unpaired) electrons. The first-order valence-corrected chi connectivity index (χ1v) is 9.24. The van der Waals surface area contributed by atoms with Gasteiger partial charge in [0.15, 0.2) is 0 Å². The van der Waals surface area contributed by atoms with E-state index in [4.69, 9.17) is 9.47 Å². The second-order valence-electron chi connectivity index (χ2n) is 6.51. The Labute approximate surface area is 155 Å². The summed E-state index contributed by atoms with van der Waals surface area (Å²) in [6.07, 6.45) is 4.88. The molecule has 0 aliphatic carbocycles. The fourth-order valence-corrected chi connectivity index (χ4v) is 3.45. The fourth-order valence-electron chi connectivity index (χ4n) is 3.45. The van der Waals surface area contributed by atoms with Gasteiger partial charge in [0.1, 0.15) is 11.3 Å². The van der Waals surface area contributed by atoms with Gasteiger partial charge in [0.2, 0.25) is 5.88 Å². The Bertz CT molecular complexity index is 730. The lowest BCUT2D eigenvalue weighted by Gasteiger charge is -2.25. The molecule has 1 aromatic carbocycles. The molecule has 1 amide bonds. The summed E-state index contributed by atoms with van der Waals surface area (Å²) in [6.45, 7) is 3.87. The van der Waals surface area contributed by atoms with Crippen molar-refractivity contribution in [3.05, 3.63) is 53.7 Å². The summed E-state index contributed by atoms with van der Waals surface area (Å²) in [5, 5.41) is 0. The Balaban J connectivity index is 1.79. The Kier molecular flexibility index (Phi) is 6.10. The van der Waals surface area contributed by atoms with E-state index in [0.717, 1.165) is 31.6 Å². The highest BCUT2D eigenvalue weighted by Gasteiger charge is 2.26. The number of carbonyl (C=O) groups excluding carboxylic acids is 1. The van der Waals surface area contributed by atoms with Crippen LogP contribution in [0.15, 0.2) is 42.6 Å². The normalized spacial score (nSPS) is 17.5. The van der Waals surface area contributed by atoms with Crippen molar-refractivity contribution in [1.29, 1.82) is 0 Å². The molecule has 1 atom stereocenters. The van der Waals surface area contributed by atoms with Gasteiger partial charge in [0, 0.05) is 25.2 Å². The topological polar surface area (TPSA) is 51.7 Å². The summed E-state index contributed by atoms with van der Waals surface area (Å²) in [5.74, 6) is 1.61. The number of hydrogen-bond donors (Lipinski definition) is 0. The van der Waals surface area contributed by atoms with Crippen molar-refractivity contribution in [2.24, 2.45) is 0 Å². The summed E-state index contributed by atoms with van der Waals surface area (Å²) in [4.78, 5) is 19.3. The minimum absolute atomic E-state index is 0.00182. The van der Waals surface area contributed by atoms with Crippen LogP contribution in [0.5, 0.6) is 11.6 Å². The fraction of sp³-hybridized carbons (Fsp3) is 0.429. The number of nitrogens with zero attached hydrogens (tertiary/aromatic N) is 2. The predicted octanol–water partition coefficient (Wildman–Crippen LogP) is 3.90. The molecule has 0 bridgehead atoms. The molecule has 138 valence electrons. The average Bonchev–Trinajstić information content (AvgIpc) is 2.94. The summed E-state index contributed by atoms with van der Waals surface area (Å²) in [6, 6.07) is 11.8. The minimum Gasteiger partial charge on any atom is -0.497 e. The van der Waals surface area contributed by atoms with Crippen LogP contribution in [0.25, 0.3) is 0 Å². The summed E-state index contributed by atoms with van der Waals surface area (Å²) >= 11 is 0. The van der Waals surface area contributed by atoms with Crippen LogP contribution in [-0.2, 0) is 0 Å². The van der Waals surface area contributed by atoms with Crippen LogP contribution in [0.2, 0.25) is 0 Å². The maximum Gasteiger partial charge on any atom is 0.259 e. The number of aromatic nitrogens is 1. The predicted molar refractivity (Wildman–Crippen MR) is 101 cm³/mol. The molecular formula is C21H26N2O3. The Morgan fingerprint density at radius 2 is 2.04 bits per heavy atom. The van der Waals surface area contributed by atoms with Gasteiger partial charge in [-0.1, -0.05) is 18.6 Å². The van der Waals surface area contributed by atoms with Gasteiger partial charge < -0.3 is 14.4 Å². The Hall–Kier alpha value is -2.56. The second kappa shape index (κ2) is 8.70. The molecule has 1 fully saturated rings. The highest BCUT2D eigenvalue weighted by Crippen LogP contribution is 2.29. The van der Waals surface area contributed by atoms with E-state index in [9.17, 15) is 4.79 Å². The molecule has 5 nitrogen and oxygen atoms in total. The van der Waals surface area contributed by atoms with E-state index < -0.39 is 0 Å². The lowest BCUT2D eigenvalue weighted by atomic mass is 9.94. The average molecular weight is 354 g/mol. The first-order chi connectivity index (χ1) is 12.7. The van der Waals surface area contributed by atoms with Crippen molar-refractivity contribution in [2.45, 2.75) is 32.1 Å². The van der Waals surface area contributed by atoms with Crippen molar-refractivity contribution >= 4 is 5.91 Å². The smallest absolute Gasteiger partial charge is 0.259 e. The lowest BCUT2D eigenvalue weighted by Crippen LogP contribution is -2.34. The van der Waals surface area contributed by atoms with Gasteiger partial charge in [-0.2, -0.15) is 0 Å². The van der Waals surface area contributed by atoms with Gasteiger partial charge in [0.25, 0.3) is 5.91 Å². The number of benzene rings is 1. The number of ether oxygens (including phenoxy) is 2. The first kappa shape index (κ1) is 18.2. The molecule has 3 rings (SSSR count). The summed E-state index contributed by atoms with van der Waals surface area (Å²) < 4.78 is 10.8. The standard InChI is InChI=1S/C21H26N2O3/c1-3-26-20-19(8-6-13-22-20)21(24)23-14-5-4-7-17(15-23)16-9-11-18(25-2)12-10-16/h6,8-13,17H,3-5,7,14-15H2,1-2H3. The van der Waals surface area contributed by atoms with E-state index in [1.807, 2.05) is 24.0 Å². The molecule has 5 heteroatoms. The van der Waals surface area contributed by atoms with E-state index in [0.29, 0.717) is 30.5 Å². The zero-order valence-corrected chi connectivity index (χ0v) is 15.5. The third kappa shape index (κ3) is 4.15. The third-order valence-electron chi connectivity index (χ3n) is 4.83. The number of rotatable bonds is 5. The van der Waals surface area contributed by atoms with E-state index in [1.54, 1.807) is 25.4 Å². The Morgan fingerprint density at radius 1 is 1.23 bits per heavy atom. The van der Waals surface area contributed by atoms with Crippen LogP contribution in [0.1, 0.15) is 48.0 Å². The van der Waals surface area contributed by atoms with E-state index in [-0.39, 0.29) is 5.91 Å². The number of carbonyl (C=O) groups is 1. The molecule has 0 saturated carbocycles. The SMILES string of the molecule is CCOc1ncccc1C(=O)N1CCCCC(c2ccc(OC)cc2)C1. The number of methoxy groups -OCH3 is 1. The van der Waals surface area contributed by atoms with Gasteiger partial charge >= 0.3 is 0 Å². The van der Waals surface area contributed by atoms with Crippen molar-refractivity contribution in [3.63, 3.8) is 0 Å². The number of hydrogen-bond acceptors (Lipinski definition) is 4. The molecule has 1 saturated heterocycles. The molecular weight excluding hydrogens is 328 g/mol. The first-order valence-electron chi connectivity index (χ1n) is 9.24. The van der Waals surface area contributed by atoms with Gasteiger partial charge in [-0.05, 0) is 49.6 Å². The van der Waals surface area contributed by atoms with Gasteiger partial charge in [-0.15, -0.1) is 0 Å².